The van der Waals surface area contributed by atoms with Gasteiger partial charge in [0.1, 0.15) is 0 Å². The number of carbonyl (C=O) groups excluding carboxylic acids is 2. The summed E-state index contributed by atoms with van der Waals surface area (Å²) >= 11 is 0.0704. The van der Waals surface area contributed by atoms with E-state index in [2.05, 4.69) is 12.1 Å². The molecule has 0 spiro atoms. The van der Waals surface area contributed by atoms with E-state index < -0.39 is 17.7 Å². The third-order valence-corrected chi connectivity index (χ3v) is 7.50. The van der Waals surface area contributed by atoms with Crippen LogP contribution in [0.4, 0.5) is 0 Å². The number of hydrogen-bond acceptors (Lipinski definition) is 5. The predicted octanol–water partition coefficient (Wildman–Crippen LogP) is 1.11. The number of ether oxygens (including phenoxy) is 3. The van der Waals surface area contributed by atoms with E-state index in [9.17, 15) is 9.59 Å². The SMILES string of the molecule is COC(=O)C1=C[C@H]2C[C@@H]([Se]c3ccccc3)[C@@H]1C(=O)C2(OC)OC. The molecule has 5 nitrogen and oxygen atoms in total. The minimum absolute atomic E-state index is 0.0704. The summed E-state index contributed by atoms with van der Waals surface area (Å²) in [6.07, 6.45) is 2.57. The van der Waals surface area contributed by atoms with E-state index in [-0.39, 0.29) is 31.5 Å². The Labute approximate surface area is 147 Å². The number of ketones is 1. The van der Waals surface area contributed by atoms with Gasteiger partial charge < -0.3 is 0 Å². The normalized spacial score (nSPS) is 27.7. The average Bonchev–Trinajstić information content (AvgIpc) is 2.62. The third kappa shape index (κ3) is 2.64. The summed E-state index contributed by atoms with van der Waals surface area (Å²) in [5.41, 5.74) is 0.450. The Morgan fingerprint density at radius 2 is 1.83 bits per heavy atom. The van der Waals surface area contributed by atoms with Gasteiger partial charge in [0, 0.05) is 0 Å². The summed E-state index contributed by atoms with van der Waals surface area (Å²) in [5, 5.41) is 0. The van der Waals surface area contributed by atoms with E-state index in [1.807, 2.05) is 24.3 Å². The Hall–Kier alpha value is -1.46. The molecule has 1 aromatic rings. The number of esters is 1. The number of benzene rings is 1. The molecule has 0 radical (unpaired) electrons. The van der Waals surface area contributed by atoms with Gasteiger partial charge in [0.05, 0.1) is 0 Å². The number of hydrogen-bond donors (Lipinski definition) is 0. The molecule has 0 amide bonds. The van der Waals surface area contributed by atoms with Crippen LogP contribution in [0.1, 0.15) is 6.42 Å². The van der Waals surface area contributed by atoms with Crippen molar-refractivity contribution >= 4 is 31.2 Å². The maximum atomic E-state index is 13.1. The van der Waals surface area contributed by atoms with Crippen molar-refractivity contribution in [3.05, 3.63) is 42.0 Å². The first kappa shape index (κ1) is 17.4. The topological polar surface area (TPSA) is 61.8 Å². The van der Waals surface area contributed by atoms with Crippen LogP contribution < -0.4 is 4.46 Å². The van der Waals surface area contributed by atoms with Gasteiger partial charge >= 0.3 is 147 Å². The quantitative estimate of drug-likeness (QED) is 0.425. The number of Topliss-reactive ketones (excluding diaryl/α,β-unsaturated/α-hetero) is 1. The summed E-state index contributed by atoms with van der Waals surface area (Å²) in [4.78, 5) is 25.4. The molecule has 0 heterocycles. The van der Waals surface area contributed by atoms with E-state index in [1.165, 1.54) is 25.8 Å². The van der Waals surface area contributed by atoms with Gasteiger partial charge in [0.25, 0.3) is 0 Å². The first-order valence-corrected chi connectivity index (χ1v) is 9.58. The van der Waals surface area contributed by atoms with Gasteiger partial charge in [-0.1, -0.05) is 0 Å². The van der Waals surface area contributed by atoms with Gasteiger partial charge in [-0.2, -0.15) is 0 Å². The number of fused-ring (bicyclic) bond motifs is 2. The Bertz CT molecular complexity index is 665. The molecule has 1 saturated carbocycles. The molecule has 128 valence electrons. The minimum atomic E-state index is -1.29. The molecular formula is C18H20O5Se. The van der Waals surface area contributed by atoms with Gasteiger partial charge in [-0.25, -0.2) is 0 Å². The molecule has 2 bridgehead atoms. The van der Waals surface area contributed by atoms with Crippen molar-refractivity contribution < 1.29 is 23.8 Å². The van der Waals surface area contributed by atoms with Gasteiger partial charge in [0.15, 0.2) is 0 Å². The first-order chi connectivity index (χ1) is 11.6. The summed E-state index contributed by atoms with van der Waals surface area (Å²) in [5.74, 6) is -2.72. The Morgan fingerprint density at radius 3 is 2.38 bits per heavy atom. The second-order valence-corrected chi connectivity index (χ2v) is 8.60. The first-order valence-electron chi connectivity index (χ1n) is 7.73. The van der Waals surface area contributed by atoms with Crippen molar-refractivity contribution in [3.63, 3.8) is 0 Å². The zero-order valence-electron chi connectivity index (χ0n) is 13.9. The van der Waals surface area contributed by atoms with Gasteiger partial charge in [0.2, 0.25) is 0 Å². The monoisotopic (exact) mass is 396 g/mol. The van der Waals surface area contributed by atoms with Crippen LogP contribution in [0.25, 0.3) is 0 Å². The van der Waals surface area contributed by atoms with Gasteiger partial charge in [-0.3, -0.25) is 0 Å². The fraction of sp³-hybridized carbons (Fsp3) is 0.444. The Balaban J connectivity index is 1.98. The van der Waals surface area contributed by atoms with Crippen LogP contribution in [0.3, 0.4) is 0 Å². The summed E-state index contributed by atoms with van der Waals surface area (Å²) in [6, 6.07) is 10.1. The molecule has 24 heavy (non-hydrogen) atoms. The van der Waals surface area contributed by atoms with E-state index >= 15 is 0 Å². The van der Waals surface area contributed by atoms with Crippen LogP contribution in [0.5, 0.6) is 0 Å². The molecule has 0 unspecified atom stereocenters. The Morgan fingerprint density at radius 1 is 1.17 bits per heavy atom. The predicted molar refractivity (Wildman–Crippen MR) is 89.0 cm³/mol. The number of methoxy groups -OCH3 is 3. The second kappa shape index (κ2) is 6.81. The Kier molecular flexibility index (Phi) is 4.92. The summed E-state index contributed by atoms with van der Waals surface area (Å²) in [7, 11) is 4.30. The van der Waals surface area contributed by atoms with E-state index in [0.717, 1.165) is 6.42 Å². The van der Waals surface area contributed by atoms with Crippen molar-refractivity contribution in [2.45, 2.75) is 17.0 Å². The van der Waals surface area contributed by atoms with Crippen molar-refractivity contribution in [1.82, 2.24) is 0 Å². The molecular weight excluding hydrogens is 375 g/mol. The molecule has 0 N–H and O–H groups in total. The standard InChI is InChI=1S/C18H20O5Se/c1-21-17(20)13-9-11-10-14(24-12-7-5-4-6-8-12)15(13)16(19)18(11,22-2)23-3/h4-9,11,14-15H,10H2,1-3H3/t11-,14+,15+/m0/s1. The fourth-order valence-corrected chi connectivity index (χ4v) is 6.52. The molecule has 1 aromatic carbocycles. The van der Waals surface area contributed by atoms with Crippen LogP contribution >= 0.6 is 0 Å². The van der Waals surface area contributed by atoms with Crippen LogP contribution in [-0.2, 0) is 23.8 Å². The molecule has 0 aliphatic heterocycles. The van der Waals surface area contributed by atoms with E-state index in [4.69, 9.17) is 14.2 Å². The number of carbonyl (C=O) groups is 2. The van der Waals surface area contributed by atoms with E-state index in [0.29, 0.717) is 5.57 Å². The molecule has 3 aliphatic carbocycles. The van der Waals surface area contributed by atoms with Crippen LogP contribution in [0.2, 0.25) is 4.82 Å². The van der Waals surface area contributed by atoms with Crippen LogP contribution in [-0.4, -0.2) is 53.8 Å². The van der Waals surface area contributed by atoms with Crippen LogP contribution in [0.15, 0.2) is 42.0 Å². The maximum absolute atomic E-state index is 13.1. The molecule has 6 heteroatoms. The van der Waals surface area contributed by atoms with Gasteiger partial charge in [-0.15, -0.1) is 0 Å². The molecule has 1 fully saturated rings. The molecule has 0 saturated heterocycles. The van der Waals surface area contributed by atoms with Gasteiger partial charge in [-0.05, 0) is 0 Å². The zero-order chi connectivity index (χ0) is 17.3. The van der Waals surface area contributed by atoms with Crippen molar-refractivity contribution in [2.24, 2.45) is 11.8 Å². The van der Waals surface area contributed by atoms with Crippen LogP contribution in [0, 0.1) is 11.8 Å². The fourth-order valence-electron chi connectivity index (χ4n) is 3.64. The van der Waals surface area contributed by atoms with Crippen molar-refractivity contribution in [3.8, 4) is 0 Å². The molecule has 3 aliphatic rings. The average molecular weight is 395 g/mol. The molecule has 4 rings (SSSR count). The zero-order valence-corrected chi connectivity index (χ0v) is 15.6. The molecule has 3 atom stereocenters. The van der Waals surface area contributed by atoms with Crippen molar-refractivity contribution in [2.75, 3.05) is 21.3 Å². The number of rotatable bonds is 5. The second-order valence-electron chi connectivity index (χ2n) is 5.84. The van der Waals surface area contributed by atoms with Crippen molar-refractivity contribution in [1.29, 1.82) is 0 Å². The molecule has 0 aromatic heterocycles. The summed E-state index contributed by atoms with van der Waals surface area (Å²) < 4.78 is 17.0. The third-order valence-electron chi connectivity index (χ3n) is 4.75. The van der Waals surface area contributed by atoms with E-state index in [1.54, 1.807) is 0 Å². The summed E-state index contributed by atoms with van der Waals surface area (Å²) in [6.45, 7) is 0.